The van der Waals surface area contributed by atoms with E-state index in [2.05, 4.69) is 24.5 Å². The van der Waals surface area contributed by atoms with Crippen molar-refractivity contribution in [2.24, 2.45) is 0 Å². The van der Waals surface area contributed by atoms with Gasteiger partial charge in [-0.3, -0.25) is 0 Å². The molecule has 0 aromatic carbocycles. The first-order chi connectivity index (χ1) is 7.91. The van der Waals surface area contributed by atoms with E-state index in [-0.39, 0.29) is 0 Å². The fourth-order valence-electron chi connectivity index (χ4n) is 1.81. The molecule has 1 saturated heterocycles. The van der Waals surface area contributed by atoms with Crippen LogP contribution in [-0.4, -0.2) is 26.2 Å². The molecule has 16 heavy (non-hydrogen) atoms. The van der Waals surface area contributed by atoms with Crippen LogP contribution in [0.5, 0.6) is 0 Å². The van der Waals surface area contributed by atoms with Gasteiger partial charge in [-0.25, -0.2) is 0 Å². The molecule has 0 spiro atoms. The maximum atomic E-state index is 3.22. The molecule has 1 fully saturated rings. The average Bonchev–Trinajstić information content (AvgIpc) is 2.37. The smallest absolute Gasteiger partial charge is 0.00772 e. The van der Waals surface area contributed by atoms with E-state index in [1.807, 2.05) is 0 Å². The second kappa shape index (κ2) is 14.9. The predicted octanol–water partition coefficient (Wildman–Crippen LogP) is 3.33. The van der Waals surface area contributed by atoms with Gasteiger partial charge in [0, 0.05) is 26.2 Å². The lowest BCUT2D eigenvalue weighted by atomic mass is 10.1. The molecular weight excluding hydrogens is 196 g/mol. The van der Waals surface area contributed by atoms with Gasteiger partial charge in [0.2, 0.25) is 0 Å². The Hall–Kier alpha value is -0.0800. The van der Waals surface area contributed by atoms with E-state index < -0.39 is 0 Å². The molecule has 0 saturated carbocycles. The summed E-state index contributed by atoms with van der Waals surface area (Å²) in [5, 5.41) is 6.44. The van der Waals surface area contributed by atoms with Crippen molar-refractivity contribution in [3.8, 4) is 0 Å². The Morgan fingerprint density at radius 3 is 1.12 bits per heavy atom. The van der Waals surface area contributed by atoms with Crippen LogP contribution in [0.2, 0.25) is 0 Å². The van der Waals surface area contributed by atoms with E-state index in [0.29, 0.717) is 0 Å². The van der Waals surface area contributed by atoms with Crippen molar-refractivity contribution in [2.75, 3.05) is 26.2 Å². The van der Waals surface area contributed by atoms with Gasteiger partial charge in [-0.15, -0.1) is 0 Å². The monoisotopic (exact) mass is 228 g/mol. The van der Waals surface area contributed by atoms with Crippen molar-refractivity contribution in [3.05, 3.63) is 0 Å². The normalized spacial score (nSPS) is 15.4. The Kier molecular flexibility index (Phi) is 14.8. The molecule has 0 aliphatic carbocycles. The lowest BCUT2D eigenvalue weighted by Gasteiger charge is -2.11. The molecule has 0 bridgehead atoms. The van der Waals surface area contributed by atoms with Gasteiger partial charge in [-0.05, 0) is 0 Å². The summed E-state index contributed by atoms with van der Waals surface area (Å²) >= 11 is 0. The predicted molar refractivity (Wildman–Crippen MR) is 74.0 cm³/mol. The number of hydrogen-bond donors (Lipinski definition) is 2. The molecule has 1 aliphatic rings. The SMILES string of the molecule is C1CNCCN1.CCCCCCCCCC. The zero-order valence-corrected chi connectivity index (χ0v) is 11.5. The van der Waals surface area contributed by atoms with Gasteiger partial charge in [-0.1, -0.05) is 65.2 Å². The molecule has 0 atom stereocenters. The van der Waals surface area contributed by atoms with Gasteiger partial charge in [-0.2, -0.15) is 0 Å². The number of unbranched alkanes of at least 4 members (excludes halogenated alkanes) is 7. The maximum absolute atomic E-state index is 3.22. The van der Waals surface area contributed by atoms with Crippen LogP contribution in [0.3, 0.4) is 0 Å². The Balaban J connectivity index is 0.000000315. The summed E-state index contributed by atoms with van der Waals surface area (Å²) in [5.41, 5.74) is 0. The number of nitrogens with one attached hydrogen (secondary N) is 2. The average molecular weight is 228 g/mol. The number of hydrogen-bond acceptors (Lipinski definition) is 2. The summed E-state index contributed by atoms with van der Waals surface area (Å²) < 4.78 is 0. The molecule has 2 N–H and O–H groups in total. The minimum atomic E-state index is 1.14. The highest BCUT2D eigenvalue weighted by Crippen LogP contribution is 2.07. The first-order valence-electron chi connectivity index (χ1n) is 7.33. The van der Waals surface area contributed by atoms with Crippen LogP contribution in [0.25, 0.3) is 0 Å². The third kappa shape index (κ3) is 13.9. The molecule has 1 heterocycles. The van der Waals surface area contributed by atoms with Crippen molar-refractivity contribution in [1.82, 2.24) is 10.6 Å². The lowest BCUT2D eigenvalue weighted by molar-refractivity contribution is 0.534. The second-order valence-electron chi connectivity index (χ2n) is 4.62. The summed E-state index contributed by atoms with van der Waals surface area (Å²) in [6.45, 7) is 9.10. The minimum Gasteiger partial charge on any atom is -0.314 e. The highest BCUT2D eigenvalue weighted by molar-refractivity contribution is 4.59. The Bertz CT molecular complexity index is 91.8. The lowest BCUT2D eigenvalue weighted by Crippen LogP contribution is -2.39. The van der Waals surface area contributed by atoms with E-state index in [9.17, 15) is 0 Å². The third-order valence-electron chi connectivity index (χ3n) is 2.91. The Morgan fingerprint density at radius 2 is 0.875 bits per heavy atom. The van der Waals surface area contributed by atoms with Crippen LogP contribution in [-0.2, 0) is 0 Å². The van der Waals surface area contributed by atoms with Gasteiger partial charge in [0.1, 0.15) is 0 Å². The molecule has 2 heteroatoms. The largest absolute Gasteiger partial charge is 0.314 e. The van der Waals surface area contributed by atoms with E-state index in [4.69, 9.17) is 0 Å². The van der Waals surface area contributed by atoms with Crippen LogP contribution in [0.4, 0.5) is 0 Å². The van der Waals surface area contributed by atoms with Crippen LogP contribution >= 0.6 is 0 Å². The molecule has 0 unspecified atom stereocenters. The summed E-state index contributed by atoms with van der Waals surface area (Å²) in [7, 11) is 0. The van der Waals surface area contributed by atoms with Crippen molar-refractivity contribution in [2.45, 2.75) is 65.2 Å². The Labute approximate surface area is 103 Å². The van der Waals surface area contributed by atoms with Crippen LogP contribution in [0.15, 0.2) is 0 Å². The topological polar surface area (TPSA) is 24.1 Å². The highest BCUT2D eigenvalue weighted by atomic mass is 15.0. The molecule has 0 radical (unpaired) electrons. The van der Waals surface area contributed by atoms with Gasteiger partial charge < -0.3 is 10.6 Å². The van der Waals surface area contributed by atoms with E-state index in [0.717, 1.165) is 26.2 Å². The summed E-state index contributed by atoms with van der Waals surface area (Å²) in [6, 6.07) is 0. The first-order valence-corrected chi connectivity index (χ1v) is 7.33. The summed E-state index contributed by atoms with van der Waals surface area (Å²) in [5.74, 6) is 0. The second-order valence-corrected chi connectivity index (χ2v) is 4.62. The quantitative estimate of drug-likeness (QED) is 0.653. The van der Waals surface area contributed by atoms with E-state index in [1.165, 1.54) is 51.4 Å². The zero-order chi connectivity index (χ0) is 11.9. The molecule has 2 nitrogen and oxygen atoms in total. The van der Waals surface area contributed by atoms with Crippen molar-refractivity contribution < 1.29 is 0 Å². The molecule has 0 aromatic heterocycles. The Morgan fingerprint density at radius 1 is 0.562 bits per heavy atom. The fourth-order valence-corrected chi connectivity index (χ4v) is 1.81. The third-order valence-corrected chi connectivity index (χ3v) is 2.91. The maximum Gasteiger partial charge on any atom is 0.00772 e. The van der Waals surface area contributed by atoms with Crippen LogP contribution in [0, 0.1) is 0 Å². The number of rotatable bonds is 7. The zero-order valence-electron chi connectivity index (χ0n) is 11.5. The van der Waals surface area contributed by atoms with Crippen molar-refractivity contribution in [3.63, 3.8) is 0 Å². The van der Waals surface area contributed by atoms with E-state index >= 15 is 0 Å². The summed E-state index contributed by atoms with van der Waals surface area (Å²) in [6.07, 6.45) is 11.5. The molecule has 0 aromatic rings. The van der Waals surface area contributed by atoms with Gasteiger partial charge in [0.15, 0.2) is 0 Å². The summed E-state index contributed by atoms with van der Waals surface area (Å²) in [4.78, 5) is 0. The molecular formula is C14H32N2. The standard InChI is InChI=1S/C10H22.C4H10N2/c1-3-5-7-9-10-8-6-4-2;1-2-6-4-3-5-1/h3-10H2,1-2H3;5-6H,1-4H2. The highest BCUT2D eigenvalue weighted by Gasteiger charge is 1.91. The molecule has 1 rings (SSSR count). The van der Waals surface area contributed by atoms with Crippen molar-refractivity contribution in [1.29, 1.82) is 0 Å². The fraction of sp³-hybridized carbons (Fsp3) is 1.00. The van der Waals surface area contributed by atoms with Crippen LogP contribution < -0.4 is 10.6 Å². The van der Waals surface area contributed by atoms with Gasteiger partial charge in [0.05, 0.1) is 0 Å². The molecule has 98 valence electrons. The van der Waals surface area contributed by atoms with Gasteiger partial charge >= 0.3 is 0 Å². The number of piperazine rings is 1. The van der Waals surface area contributed by atoms with Crippen LogP contribution in [0.1, 0.15) is 65.2 Å². The minimum absolute atomic E-state index is 1.14. The first kappa shape index (κ1) is 15.9. The van der Waals surface area contributed by atoms with Gasteiger partial charge in [0.25, 0.3) is 0 Å². The molecule has 1 aliphatic heterocycles. The molecule has 0 amide bonds. The van der Waals surface area contributed by atoms with E-state index in [1.54, 1.807) is 0 Å². The van der Waals surface area contributed by atoms with Crippen molar-refractivity contribution >= 4 is 0 Å².